The van der Waals surface area contributed by atoms with Crippen molar-refractivity contribution in [3.05, 3.63) is 29.4 Å². The second kappa shape index (κ2) is 4.06. The van der Waals surface area contributed by atoms with Crippen molar-refractivity contribution in [3.63, 3.8) is 0 Å². The van der Waals surface area contributed by atoms with Crippen LogP contribution < -0.4 is 5.73 Å². The fraction of sp³-hybridized carbons (Fsp3) is 0.364. The lowest BCUT2D eigenvalue weighted by molar-refractivity contribution is 0.384. The van der Waals surface area contributed by atoms with Crippen LogP contribution in [-0.4, -0.2) is 23.0 Å². The van der Waals surface area contributed by atoms with Crippen LogP contribution in [0.15, 0.2) is 23.7 Å². The second-order valence-electron chi connectivity index (χ2n) is 3.75. The fourth-order valence-corrected chi connectivity index (χ4v) is 2.28. The maximum atomic E-state index is 5.63. The number of nitrogens with zero attached hydrogens (tertiary/aromatic N) is 2. The molecule has 0 spiro atoms. The van der Waals surface area contributed by atoms with Crippen LogP contribution in [-0.2, 0) is 0 Å². The molecule has 0 aliphatic carbocycles. The summed E-state index contributed by atoms with van der Waals surface area (Å²) in [6.45, 7) is 7.96. The number of nitrogens with two attached hydrogens (primary N) is 1. The minimum Gasteiger partial charge on any atom is -0.375 e. The summed E-state index contributed by atoms with van der Waals surface area (Å²) in [5, 5.41) is 2.65. The van der Waals surface area contributed by atoms with Gasteiger partial charge in [0.05, 0.1) is 5.69 Å². The van der Waals surface area contributed by atoms with Crippen LogP contribution in [0.1, 0.15) is 19.0 Å². The lowest BCUT2D eigenvalue weighted by Crippen LogP contribution is -2.27. The summed E-state index contributed by atoms with van der Waals surface area (Å²) in [5.74, 6) is 0. The van der Waals surface area contributed by atoms with Crippen molar-refractivity contribution in [1.82, 2.24) is 9.88 Å². The van der Waals surface area contributed by atoms with Gasteiger partial charge in [0.1, 0.15) is 0 Å². The van der Waals surface area contributed by atoms with Gasteiger partial charge in [0.2, 0.25) is 0 Å². The van der Waals surface area contributed by atoms with Crippen molar-refractivity contribution >= 4 is 22.0 Å². The number of hydrogen-bond acceptors (Lipinski definition) is 4. The third-order valence-electron chi connectivity index (χ3n) is 2.54. The number of thiazole rings is 1. The summed E-state index contributed by atoms with van der Waals surface area (Å²) in [4.78, 5) is 6.57. The highest BCUT2D eigenvalue weighted by molar-refractivity contribution is 7.13. The zero-order chi connectivity index (χ0) is 10.8. The Labute approximate surface area is 93.9 Å². The Bertz CT molecular complexity index is 406. The SMILES string of the molecule is C=C(C)N1CCC=C(c2csc(N)n2)C1. The molecule has 0 aromatic carbocycles. The molecule has 3 nitrogen and oxygen atoms in total. The Morgan fingerprint density at radius 1 is 1.67 bits per heavy atom. The third kappa shape index (κ3) is 2.21. The molecule has 0 amide bonds. The molecule has 15 heavy (non-hydrogen) atoms. The Balaban J connectivity index is 2.17. The minimum absolute atomic E-state index is 0.637. The molecule has 0 fully saturated rings. The van der Waals surface area contributed by atoms with Crippen LogP contribution in [0.25, 0.3) is 5.57 Å². The molecule has 0 radical (unpaired) electrons. The predicted molar refractivity (Wildman–Crippen MR) is 65.5 cm³/mol. The van der Waals surface area contributed by atoms with E-state index >= 15 is 0 Å². The van der Waals surface area contributed by atoms with E-state index in [9.17, 15) is 0 Å². The molecule has 0 saturated carbocycles. The quantitative estimate of drug-likeness (QED) is 0.833. The maximum Gasteiger partial charge on any atom is 0.180 e. The van der Waals surface area contributed by atoms with Crippen LogP contribution in [0.5, 0.6) is 0 Å². The summed E-state index contributed by atoms with van der Waals surface area (Å²) in [6, 6.07) is 0. The van der Waals surface area contributed by atoms with E-state index in [1.165, 1.54) is 16.9 Å². The van der Waals surface area contributed by atoms with Gasteiger partial charge < -0.3 is 10.6 Å². The molecule has 1 aromatic heterocycles. The Morgan fingerprint density at radius 3 is 3.07 bits per heavy atom. The minimum atomic E-state index is 0.637. The molecule has 0 bridgehead atoms. The Morgan fingerprint density at radius 2 is 2.47 bits per heavy atom. The van der Waals surface area contributed by atoms with Gasteiger partial charge in [0, 0.05) is 24.2 Å². The number of allylic oxidation sites excluding steroid dienone is 1. The first-order chi connectivity index (χ1) is 7.16. The van der Waals surface area contributed by atoms with Crippen LogP contribution in [0.4, 0.5) is 5.13 Å². The van der Waals surface area contributed by atoms with E-state index in [1.54, 1.807) is 0 Å². The zero-order valence-electron chi connectivity index (χ0n) is 8.86. The van der Waals surface area contributed by atoms with Crippen molar-refractivity contribution < 1.29 is 0 Å². The van der Waals surface area contributed by atoms with Crippen LogP contribution in [0, 0.1) is 0 Å². The van der Waals surface area contributed by atoms with E-state index in [2.05, 4.69) is 22.5 Å². The highest BCUT2D eigenvalue weighted by Gasteiger charge is 2.14. The maximum absolute atomic E-state index is 5.63. The molecule has 1 aliphatic rings. The second-order valence-corrected chi connectivity index (χ2v) is 4.64. The highest BCUT2D eigenvalue weighted by Crippen LogP contribution is 2.24. The highest BCUT2D eigenvalue weighted by atomic mass is 32.1. The van der Waals surface area contributed by atoms with Crippen molar-refractivity contribution in [2.45, 2.75) is 13.3 Å². The molecule has 0 atom stereocenters. The van der Waals surface area contributed by atoms with Gasteiger partial charge in [-0.05, 0) is 18.9 Å². The Kier molecular flexibility index (Phi) is 2.77. The first kappa shape index (κ1) is 10.2. The lowest BCUT2D eigenvalue weighted by atomic mass is 10.1. The van der Waals surface area contributed by atoms with Gasteiger partial charge in [-0.3, -0.25) is 0 Å². The number of rotatable bonds is 2. The third-order valence-corrected chi connectivity index (χ3v) is 3.22. The van der Waals surface area contributed by atoms with Gasteiger partial charge in [-0.25, -0.2) is 4.98 Å². The summed E-state index contributed by atoms with van der Waals surface area (Å²) < 4.78 is 0. The molecular weight excluding hydrogens is 206 g/mol. The average Bonchev–Trinajstić information content (AvgIpc) is 2.65. The van der Waals surface area contributed by atoms with E-state index < -0.39 is 0 Å². The smallest absolute Gasteiger partial charge is 0.180 e. The Hall–Kier alpha value is -1.29. The van der Waals surface area contributed by atoms with Crippen molar-refractivity contribution in [2.75, 3.05) is 18.8 Å². The molecule has 1 aliphatic heterocycles. The van der Waals surface area contributed by atoms with E-state index in [0.29, 0.717) is 5.13 Å². The summed E-state index contributed by atoms with van der Waals surface area (Å²) >= 11 is 1.49. The lowest BCUT2D eigenvalue weighted by Gasteiger charge is -2.28. The summed E-state index contributed by atoms with van der Waals surface area (Å²) in [6.07, 6.45) is 3.30. The summed E-state index contributed by atoms with van der Waals surface area (Å²) in [7, 11) is 0. The molecular formula is C11H15N3S. The zero-order valence-corrected chi connectivity index (χ0v) is 9.68. The molecule has 4 heteroatoms. The number of nitrogen functional groups attached to an aromatic ring is 1. The van der Waals surface area contributed by atoms with Crippen LogP contribution in [0.2, 0.25) is 0 Å². The van der Waals surface area contributed by atoms with Gasteiger partial charge in [-0.1, -0.05) is 12.7 Å². The van der Waals surface area contributed by atoms with E-state index in [0.717, 1.165) is 30.9 Å². The van der Waals surface area contributed by atoms with Gasteiger partial charge in [-0.15, -0.1) is 11.3 Å². The molecule has 1 aromatic rings. The molecule has 2 N–H and O–H groups in total. The molecule has 2 rings (SSSR count). The monoisotopic (exact) mass is 221 g/mol. The standard InChI is InChI=1S/C11H15N3S/c1-8(2)14-5-3-4-9(6-14)10-7-15-11(12)13-10/h4,7H,1,3,5-6H2,2H3,(H2,12,13). The molecule has 2 heterocycles. The molecule has 0 saturated heterocycles. The van der Waals surface area contributed by atoms with Gasteiger partial charge >= 0.3 is 0 Å². The number of hydrogen-bond donors (Lipinski definition) is 1. The predicted octanol–water partition coefficient (Wildman–Crippen LogP) is 2.35. The number of aromatic nitrogens is 1. The largest absolute Gasteiger partial charge is 0.375 e. The first-order valence-corrected chi connectivity index (χ1v) is 5.85. The van der Waals surface area contributed by atoms with Gasteiger partial charge in [0.25, 0.3) is 0 Å². The van der Waals surface area contributed by atoms with E-state index in [-0.39, 0.29) is 0 Å². The first-order valence-electron chi connectivity index (χ1n) is 4.97. The van der Waals surface area contributed by atoms with Crippen molar-refractivity contribution in [3.8, 4) is 0 Å². The topological polar surface area (TPSA) is 42.1 Å². The summed E-state index contributed by atoms with van der Waals surface area (Å²) in [5.41, 5.74) is 9.02. The normalized spacial score (nSPS) is 16.3. The fourth-order valence-electron chi connectivity index (χ4n) is 1.69. The van der Waals surface area contributed by atoms with Gasteiger partial charge in [-0.2, -0.15) is 0 Å². The van der Waals surface area contributed by atoms with Crippen molar-refractivity contribution in [2.24, 2.45) is 0 Å². The average molecular weight is 221 g/mol. The van der Waals surface area contributed by atoms with Crippen molar-refractivity contribution in [1.29, 1.82) is 0 Å². The van der Waals surface area contributed by atoms with Gasteiger partial charge in [0.15, 0.2) is 5.13 Å². The van der Waals surface area contributed by atoms with E-state index in [4.69, 9.17) is 5.73 Å². The van der Waals surface area contributed by atoms with E-state index in [1.807, 2.05) is 12.3 Å². The molecule has 80 valence electrons. The molecule has 0 unspecified atom stereocenters. The van der Waals surface area contributed by atoms with Crippen LogP contribution in [0.3, 0.4) is 0 Å². The number of anilines is 1. The van der Waals surface area contributed by atoms with Crippen LogP contribution >= 0.6 is 11.3 Å².